The standard InChI is InChI=1S/C16H21FN4O/c1-13(18-7-3-9-21-10-4-8-19-21)11-16(22)20-15-6-2-5-14(17)12-15/h2,4-6,8,10,12-13,18H,3,7,9,11H2,1H3,(H,20,22)/t13-/m1/s1. The van der Waals surface area contributed by atoms with Gasteiger partial charge in [-0.1, -0.05) is 6.07 Å². The summed E-state index contributed by atoms with van der Waals surface area (Å²) in [5, 5.41) is 10.1. The predicted octanol–water partition coefficient (Wildman–Crippen LogP) is 2.42. The third-order valence-corrected chi connectivity index (χ3v) is 3.22. The van der Waals surface area contributed by atoms with Crippen LogP contribution in [-0.2, 0) is 11.3 Å². The zero-order valence-corrected chi connectivity index (χ0v) is 12.6. The van der Waals surface area contributed by atoms with E-state index >= 15 is 0 Å². The van der Waals surface area contributed by atoms with Gasteiger partial charge in [0.25, 0.3) is 0 Å². The van der Waals surface area contributed by atoms with E-state index in [1.54, 1.807) is 18.3 Å². The summed E-state index contributed by atoms with van der Waals surface area (Å²) in [7, 11) is 0. The van der Waals surface area contributed by atoms with Gasteiger partial charge in [-0.3, -0.25) is 9.48 Å². The molecule has 0 aliphatic carbocycles. The molecule has 1 aromatic carbocycles. The second kappa shape index (κ2) is 8.29. The first-order chi connectivity index (χ1) is 10.6. The van der Waals surface area contributed by atoms with E-state index in [0.29, 0.717) is 12.1 Å². The summed E-state index contributed by atoms with van der Waals surface area (Å²) in [4.78, 5) is 11.9. The van der Waals surface area contributed by atoms with Crippen molar-refractivity contribution in [3.05, 3.63) is 48.5 Å². The average molecular weight is 304 g/mol. The van der Waals surface area contributed by atoms with Crippen LogP contribution in [-0.4, -0.2) is 28.3 Å². The van der Waals surface area contributed by atoms with E-state index < -0.39 is 0 Å². The maximum absolute atomic E-state index is 13.0. The van der Waals surface area contributed by atoms with Crippen molar-refractivity contribution in [3.8, 4) is 0 Å². The minimum atomic E-state index is -0.359. The fourth-order valence-corrected chi connectivity index (χ4v) is 2.15. The topological polar surface area (TPSA) is 59.0 Å². The zero-order valence-electron chi connectivity index (χ0n) is 12.6. The van der Waals surface area contributed by atoms with Gasteiger partial charge in [-0.15, -0.1) is 0 Å². The fraction of sp³-hybridized carbons (Fsp3) is 0.375. The number of rotatable bonds is 8. The second-order valence-electron chi connectivity index (χ2n) is 5.24. The van der Waals surface area contributed by atoms with Crippen molar-refractivity contribution in [1.82, 2.24) is 15.1 Å². The third kappa shape index (κ3) is 5.65. The summed E-state index contributed by atoms with van der Waals surface area (Å²) in [6.07, 6.45) is 4.97. The molecule has 2 N–H and O–H groups in total. The molecule has 0 spiro atoms. The first kappa shape index (κ1) is 16.2. The molecule has 0 radical (unpaired) electrons. The summed E-state index contributed by atoms with van der Waals surface area (Å²) in [5.41, 5.74) is 0.482. The molecule has 2 aromatic rings. The summed E-state index contributed by atoms with van der Waals surface area (Å²) in [6.45, 7) is 3.62. The highest BCUT2D eigenvalue weighted by Gasteiger charge is 2.09. The van der Waals surface area contributed by atoms with Gasteiger partial charge in [0.1, 0.15) is 5.82 Å². The number of hydrogen-bond donors (Lipinski definition) is 2. The first-order valence-electron chi connectivity index (χ1n) is 7.40. The van der Waals surface area contributed by atoms with Crippen LogP contribution in [0.15, 0.2) is 42.7 Å². The van der Waals surface area contributed by atoms with Crippen molar-refractivity contribution in [3.63, 3.8) is 0 Å². The van der Waals surface area contributed by atoms with E-state index in [1.165, 1.54) is 12.1 Å². The minimum Gasteiger partial charge on any atom is -0.326 e. The number of nitrogens with zero attached hydrogens (tertiary/aromatic N) is 2. The van der Waals surface area contributed by atoms with Crippen LogP contribution in [0.2, 0.25) is 0 Å². The number of carbonyl (C=O) groups is 1. The molecule has 22 heavy (non-hydrogen) atoms. The van der Waals surface area contributed by atoms with Crippen molar-refractivity contribution in [2.24, 2.45) is 0 Å². The lowest BCUT2D eigenvalue weighted by atomic mass is 10.2. The van der Waals surface area contributed by atoms with Crippen LogP contribution < -0.4 is 10.6 Å². The lowest BCUT2D eigenvalue weighted by Gasteiger charge is -2.13. The normalized spacial score (nSPS) is 12.1. The Hall–Kier alpha value is -2.21. The summed E-state index contributed by atoms with van der Waals surface area (Å²) < 4.78 is 14.9. The van der Waals surface area contributed by atoms with Gasteiger partial charge >= 0.3 is 0 Å². The number of hydrogen-bond acceptors (Lipinski definition) is 3. The number of amides is 1. The Morgan fingerprint density at radius 3 is 3.00 bits per heavy atom. The van der Waals surface area contributed by atoms with Gasteiger partial charge in [0.05, 0.1) is 0 Å². The molecule has 1 heterocycles. The monoisotopic (exact) mass is 304 g/mol. The molecule has 1 atom stereocenters. The van der Waals surface area contributed by atoms with Gasteiger partial charge in [-0.25, -0.2) is 4.39 Å². The average Bonchev–Trinajstić information content (AvgIpc) is 2.96. The van der Waals surface area contributed by atoms with Crippen molar-refractivity contribution < 1.29 is 9.18 Å². The van der Waals surface area contributed by atoms with Crippen LogP contribution in [0.4, 0.5) is 10.1 Å². The van der Waals surface area contributed by atoms with Gasteiger partial charge in [0.2, 0.25) is 5.91 Å². The van der Waals surface area contributed by atoms with Crippen LogP contribution >= 0.6 is 0 Å². The van der Waals surface area contributed by atoms with E-state index in [-0.39, 0.29) is 17.8 Å². The Morgan fingerprint density at radius 1 is 1.41 bits per heavy atom. The van der Waals surface area contributed by atoms with Crippen molar-refractivity contribution >= 4 is 11.6 Å². The minimum absolute atomic E-state index is 0.0613. The Balaban J connectivity index is 1.63. The highest BCUT2D eigenvalue weighted by Crippen LogP contribution is 2.09. The molecule has 0 saturated carbocycles. The lowest BCUT2D eigenvalue weighted by Crippen LogP contribution is -2.31. The summed E-state index contributed by atoms with van der Waals surface area (Å²) >= 11 is 0. The van der Waals surface area contributed by atoms with Gasteiger partial charge in [-0.2, -0.15) is 5.10 Å². The van der Waals surface area contributed by atoms with Gasteiger partial charge in [0.15, 0.2) is 0 Å². The highest BCUT2D eigenvalue weighted by atomic mass is 19.1. The SMILES string of the molecule is C[C@H](CC(=O)Nc1cccc(F)c1)NCCCn1cccn1. The Bertz CT molecular complexity index is 586. The van der Waals surface area contributed by atoms with Crippen LogP contribution in [0, 0.1) is 5.82 Å². The number of benzene rings is 1. The number of aryl methyl sites for hydroxylation is 1. The van der Waals surface area contributed by atoms with Gasteiger partial charge < -0.3 is 10.6 Å². The zero-order chi connectivity index (χ0) is 15.8. The second-order valence-corrected chi connectivity index (χ2v) is 5.24. The van der Waals surface area contributed by atoms with Crippen LogP contribution in [0.5, 0.6) is 0 Å². The maximum Gasteiger partial charge on any atom is 0.225 e. The van der Waals surface area contributed by atoms with E-state index in [0.717, 1.165) is 19.5 Å². The van der Waals surface area contributed by atoms with Crippen LogP contribution in [0.3, 0.4) is 0 Å². The largest absolute Gasteiger partial charge is 0.326 e. The molecule has 6 heteroatoms. The quantitative estimate of drug-likeness (QED) is 0.736. The van der Waals surface area contributed by atoms with Gasteiger partial charge in [-0.05, 0) is 44.2 Å². The molecule has 0 unspecified atom stereocenters. The van der Waals surface area contributed by atoms with Crippen molar-refractivity contribution in [2.75, 3.05) is 11.9 Å². The van der Waals surface area contributed by atoms with E-state index in [4.69, 9.17) is 0 Å². The molecule has 1 aromatic heterocycles. The number of nitrogens with one attached hydrogen (secondary N) is 2. The Labute approximate surface area is 129 Å². The third-order valence-electron chi connectivity index (χ3n) is 3.22. The summed E-state index contributed by atoms with van der Waals surface area (Å²) in [5.74, 6) is -0.486. The fourth-order valence-electron chi connectivity index (χ4n) is 2.15. The van der Waals surface area contributed by atoms with Crippen molar-refractivity contribution in [2.45, 2.75) is 32.4 Å². The van der Waals surface area contributed by atoms with E-state index in [9.17, 15) is 9.18 Å². The van der Waals surface area contributed by atoms with E-state index in [1.807, 2.05) is 23.9 Å². The molecule has 0 fully saturated rings. The van der Waals surface area contributed by atoms with Gasteiger partial charge in [0, 0.05) is 37.1 Å². The number of aromatic nitrogens is 2. The van der Waals surface area contributed by atoms with Crippen LogP contribution in [0.1, 0.15) is 19.8 Å². The Morgan fingerprint density at radius 2 is 2.27 bits per heavy atom. The number of halogens is 1. The smallest absolute Gasteiger partial charge is 0.225 e. The summed E-state index contributed by atoms with van der Waals surface area (Å²) in [6, 6.07) is 7.85. The molecule has 1 amide bonds. The molecule has 0 aliphatic rings. The first-order valence-corrected chi connectivity index (χ1v) is 7.40. The molecule has 5 nitrogen and oxygen atoms in total. The molecule has 2 rings (SSSR count). The molecule has 118 valence electrons. The Kier molecular flexibility index (Phi) is 6.09. The molecular formula is C16H21FN4O. The number of anilines is 1. The molecule has 0 bridgehead atoms. The molecule has 0 aliphatic heterocycles. The highest BCUT2D eigenvalue weighted by molar-refractivity contribution is 5.91. The number of carbonyl (C=O) groups excluding carboxylic acids is 1. The van der Waals surface area contributed by atoms with E-state index in [2.05, 4.69) is 15.7 Å². The molecular weight excluding hydrogens is 283 g/mol. The molecule has 0 saturated heterocycles. The maximum atomic E-state index is 13.0. The lowest BCUT2D eigenvalue weighted by molar-refractivity contribution is -0.116. The predicted molar refractivity (Wildman–Crippen MR) is 84.0 cm³/mol. The van der Waals surface area contributed by atoms with Crippen LogP contribution in [0.25, 0.3) is 0 Å². The van der Waals surface area contributed by atoms with Crippen molar-refractivity contribution in [1.29, 1.82) is 0 Å².